The van der Waals surface area contributed by atoms with Gasteiger partial charge in [-0.1, -0.05) is 23.7 Å². The molecule has 2 aliphatic heterocycles. The Morgan fingerprint density at radius 1 is 1.03 bits per heavy atom. The third-order valence-electron chi connectivity index (χ3n) is 6.77. The van der Waals surface area contributed by atoms with E-state index in [1.54, 1.807) is 54.6 Å². The van der Waals surface area contributed by atoms with Crippen molar-refractivity contribution in [2.24, 2.45) is 0 Å². The first-order valence-electron chi connectivity index (χ1n) is 11.8. The van der Waals surface area contributed by atoms with Crippen molar-refractivity contribution in [3.63, 3.8) is 0 Å². The summed E-state index contributed by atoms with van der Waals surface area (Å²) in [6.07, 6.45) is 0.710. The van der Waals surface area contributed by atoms with Crippen LogP contribution in [0.25, 0.3) is 5.76 Å². The van der Waals surface area contributed by atoms with Gasteiger partial charge in [-0.25, -0.2) is 0 Å². The highest BCUT2D eigenvalue weighted by Crippen LogP contribution is 2.45. The summed E-state index contributed by atoms with van der Waals surface area (Å²) in [6, 6.07) is 14.6. The van der Waals surface area contributed by atoms with Crippen LogP contribution >= 0.6 is 11.6 Å². The molecule has 1 saturated heterocycles. The third kappa shape index (κ3) is 4.19. The van der Waals surface area contributed by atoms with Crippen LogP contribution in [0.3, 0.4) is 0 Å². The Balaban J connectivity index is 1.74. The molecule has 3 aromatic rings. The Kier molecular flexibility index (Phi) is 6.33. The number of benzene rings is 3. The van der Waals surface area contributed by atoms with Crippen LogP contribution in [0.2, 0.25) is 5.02 Å². The molecular formula is C29H26ClNO6. The Bertz CT molecular complexity index is 1460. The van der Waals surface area contributed by atoms with Crippen LogP contribution in [0.5, 0.6) is 17.2 Å². The van der Waals surface area contributed by atoms with E-state index in [-0.39, 0.29) is 17.4 Å². The molecule has 37 heavy (non-hydrogen) atoms. The number of hydrogen-bond acceptors (Lipinski definition) is 6. The highest BCUT2D eigenvalue weighted by Gasteiger charge is 2.47. The maximum Gasteiger partial charge on any atom is 0.300 e. The molecular weight excluding hydrogens is 494 g/mol. The first-order chi connectivity index (χ1) is 17.7. The van der Waals surface area contributed by atoms with E-state index < -0.39 is 17.7 Å². The monoisotopic (exact) mass is 519 g/mol. The molecule has 7 nitrogen and oxygen atoms in total. The topological polar surface area (TPSA) is 85.3 Å². The van der Waals surface area contributed by atoms with Gasteiger partial charge in [0.1, 0.15) is 17.6 Å². The van der Waals surface area contributed by atoms with Crippen LogP contribution in [0.15, 0.2) is 60.2 Å². The fraction of sp³-hybridized carbons (Fsp3) is 0.241. The number of Topliss-reactive ketones (excluding diaryl/α,β-unsaturated/α-hetero) is 1. The van der Waals surface area contributed by atoms with Crippen molar-refractivity contribution in [3.8, 4) is 17.2 Å². The first-order valence-corrected chi connectivity index (χ1v) is 12.2. The number of aliphatic hydroxyl groups excluding tert-OH is 1. The quantitative estimate of drug-likeness (QED) is 0.268. The summed E-state index contributed by atoms with van der Waals surface area (Å²) in [5.41, 5.74) is 3.13. The normalized spacial score (nSPS) is 20.1. The number of anilines is 1. The Hall–Kier alpha value is -3.97. The van der Waals surface area contributed by atoms with Gasteiger partial charge in [-0.2, -0.15) is 0 Å². The molecule has 8 heteroatoms. The molecule has 5 rings (SSSR count). The number of aliphatic hydroxyl groups is 1. The van der Waals surface area contributed by atoms with Gasteiger partial charge in [-0.05, 0) is 73.0 Å². The van der Waals surface area contributed by atoms with E-state index >= 15 is 0 Å². The van der Waals surface area contributed by atoms with Crippen LogP contribution in [-0.2, 0) is 16.0 Å². The fourth-order valence-corrected chi connectivity index (χ4v) is 5.15. The number of carbonyl (C=O) groups excluding carboxylic acids is 2. The Morgan fingerprint density at radius 2 is 1.78 bits per heavy atom. The van der Waals surface area contributed by atoms with Crippen LogP contribution in [0.1, 0.15) is 35.2 Å². The first kappa shape index (κ1) is 24.7. The molecule has 0 bridgehead atoms. The number of hydrogen-bond donors (Lipinski definition) is 1. The molecule has 2 aliphatic rings. The maximum absolute atomic E-state index is 13.5. The molecule has 2 unspecified atom stereocenters. The Morgan fingerprint density at radius 3 is 2.51 bits per heavy atom. The van der Waals surface area contributed by atoms with Gasteiger partial charge in [-0.3, -0.25) is 14.5 Å². The van der Waals surface area contributed by atoms with E-state index in [4.69, 9.17) is 25.8 Å². The van der Waals surface area contributed by atoms with Gasteiger partial charge >= 0.3 is 0 Å². The van der Waals surface area contributed by atoms with E-state index in [0.29, 0.717) is 39.8 Å². The second-order valence-electron chi connectivity index (χ2n) is 9.17. The van der Waals surface area contributed by atoms with Crippen molar-refractivity contribution < 1.29 is 28.9 Å². The zero-order valence-corrected chi connectivity index (χ0v) is 21.6. The van der Waals surface area contributed by atoms with Crippen LogP contribution in [0.4, 0.5) is 5.69 Å². The van der Waals surface area contributed by atoms with E-state index in [1.165, 1.54) is 19.1 Å². The van der Waals surface area contributed by atoms with Crippen LogP contribution in [0, 0.1) is 6.92 Å². The molecule has 190 valence electrons. The molecule has 0 radical (unpaired) electrons. The van der Waals surface area contributed by atoms with Gasteiger partial charge in [0.2, 0.25) is 0 Å². The van der Waals surface area contributed by atoms with Crippen molar-refractivity contribution in [1.29, 1.82) is 0 Å². The SMILES string of the molecule is COc1ccc(C2/C(=C(\O)c3ccc4c(c3)CC(C)O4)C(=O)C(=O)N2c2cc(Cl)ccc2C)cc1OC. The van der Waals surface area contributed by atoms with Gasteiger partial charge in [0.15, 0.2) is 11.5 Å². The summed E-state index contributed by atoms with van der Waals surface area (Å²) < 4.78 is 16.6. The summed E-state index contributed by atoms with van der Waals surface area (Å²) in [7, 11) is 3.03. The van der Waals surface area contributed by atoms with Crippen LogP contribution in [-0.4, -0.2) is 37.1 Å². The number of methoxy groups -OCH3 is 2. The van der Waals surface area contributed by atoms with E-state index in [2.05, 4.69) is 0 Å². The molecule has 0 aliphatic carbocycles. The standard InChI is InChI=1S/C29H26ClNO6/c1-15-5-8-20(30)14-21(15)31-26(17-6-10-23(35-3)24(13-17)36-4)25(28(33)29(31)34)27(32)18-7-9-22-19(12-18)11-16(2)37-22/h5-10,12-14,16,26,32H,11H2,1-4H3/b27-25+. The minimum Gasteiger partial charge on any atom is -0.507 e. The number of aryl methyl sites for hydroxylation is 1. The van der Waals surface area contributed by atoms with Crippen LogP contribution < -0.4 is 19.1 Å². The second-order valence-corrected chi connectivity index (χ2v) is 9.61. The fourth-order valence-electron chi connectivity index (χ4n) is 4.99. The summed E-state index contributed by atoms with van der Waals surface area (Å²) in [5, 5.41) is 11.9. The lowest BCUT2D eigenvalue weighted by atomic mass is 9.94. The number of amides is 1. The molecule has 0 saturated carbocycles. The number of carbonyl (C=O) groups is 2. The third-order valence-corrected chi connectivity index (χ3v) is 7.00. The predicted octanol–water partition coefficient (Wildman–Crippen LogP) is 5.62. The lowest BCUT2D eigenvalue weighted by Crippen LogP contribution is -2.30. The molecule has 1 fully saturated rings. The number of fused-ring (bicyclic) bond motifs is 1. The van der Waals surface area contributed by atoms with Gasteiger partial charge in [-0.15, -0.1) is 0 Å². The average Bonchev–Trinajstić information content (AvgIpc) is 3.39. The highest BCUT2D eigenvalue weighted by molar-refractivity contribution is 6.52. The molecule has 0 aromatic heterocycles. The minimum absolute atomic E-state index is 0.0237. The molecule has 1 amide bonds. The molecule has 2 heterocycles. The minimum atomic E-state index is -0.930. The number of rotatable bonds is 5. The second kappa shape index (κ2) is 9.48. The predicted molar refractivity (Wildman–Crippen MR) is 141 cm³/mol. The molecule has 2 atom stereocenters. The number of ether oxygens (including phenoxy) is 3. The van der Waals surface area contributed by atoms with Gasteiger partial charge in [0.05, 0.1) is 25.8 Å². The van der Waals surface area contributed by atoms with E-state index in [1.807, 2.05) is 13.8 Å². The van der Waals surface area contributed by atoms with E-state index in [9.17, 15) is 14.7 Å². The average molecular weight is 520 g/mol. The number of ketones is 1. The van der Waals surface area contributed by atoms with Crippen molar-refractivity contribution >= 4 is 34.7 Å². The van der Waals surface area contributed by atoms with Gasteiger partial charge in [0.25, 0.3) is 11.7 Å². The molecule has 1 N–H and O–H groups in total. The molecule has 0 spiro atoms. The van der Waals surface area contributed by atoms with Crippen molar-refractivity contribution in [2.75, 3.05) is 19.1 Å². The largest absolute Gasteiger partial charge is 0.507 e. The summed E-state index contributed by atoms with van der Waals surface area (Å²) in [4.78, 5) is 28.4. The lowest BCUT2D eigenvalue weighted by molar-refractivity contribution is -0.132. The number of nitrogens with zero attached hydrogens (tertiary/aromatic N) is 1. The smallest absolute Gasteiger partial charge is 0.300 e. The maximum atomic E-state index is 13.5. The van der Waals surface area contributed by atoms with E-state index in [0.717, 1.165) is 16.9 Å². The van der Waals surface area contributed by atoms with Gasteiger partial charge in [0, 0.05) is 22.7 Å². The number of halogens is 1. The van der Waals surface area contributed by atoms with Crippen molar-refractivity contribution in [1.82, 2.24) is 0 Å². The highest BCUT2D eigenvalue weighted by atomic mass is 35.5. The zero-order valence-electron chi connectivity index (χ0n) is 20.9. The Labute approximate surface area is 219 Å². The molecule has 3 aromatic carbocycles. The summed E-state index contributed by atoms with van der Waals surface area (Å²) >= 11 is 6.29. The summed E-state index contributed by atoms with van der Waals surface area (Å²) in [5.74, 6) is -0.142. The van der Waals surface area contributed by atoms with Gasteiger partial charge < -0.3 is 19.3 Å². The van der Waals surface area contributed by atoms with Crippen molar-refractivity contribution in [2.45, 2.75) is 32.4 Å². The summed E-state index contributed by atoms with van der Waals surface area (Å²) in [6.45, 7) is 3.80. The zero-order chi connectivity index (χ0) is 26.4. The van der Waals surface area contributed by atoms with Crippen molar-refractivity contribution in [3.05, 3.63) is 87.4 Å². The lowest BCUT2D eigenvalue weighted by Gasteiger charge is -2.27.